The summed E-state index contributed by atoms with van der Waals surface area (Å²) in [5.74, 6) is 0. The molecule has 0 radical (unpaired) electrons. The number of methoxy groups -OCH3 is 1. The van der Waals surface area contributed by atoms with Gasteiger partial charge in [0.15, 0.2) is 0 Å². The number of nitrogens with one attached hydrogen (secondary N) is 1. The van der Waals surface area contributed by atoms with Crippen LogP contribution in [-0.2, 0) is 17.7 Å². The van der Waals surface area contributed by atoms with Crippen molar-refractivity contribution in [2.45, 2.75) is 39.3 Å². The molecule has 0 saturated heterocycles. The lowest BCUT2D eigenvalue weighted by Gasteiger charge is -2.30. The molecule has 0 atom stereocenters. The van der Waals surface area contributed by atoms with Crippen LogP contribution in [-0.4, -0.2) is 40.2 Å². The Morgan fingerprint density at radius 2 is 2.10 bits per heavy atom. The average Bonchev–Trinajstić information content (AvgIpc) is 2.35. The zero-order valence-electron chi connectivity index (χ0n) is 12.1. The Morgan fingerprint density at radius 1 is 1.40 bits per heavy atom. The zero-order chi connectivity index (χ0) is 14.9. The number of amides is 1. The molecule has 2 rings (SSSR count). The lowest BCUT2D eigenvalue weighted by atomic mass is 10.1. The largest absolute Gasteiger partial charge is 0.468 e. The fourth-order valence-corrected chi connectivity index (χ4v) is 2.00. The second-order valence-electron chi connectivity index (χ2n) is 5.65. The first-order valence-corrected chi connectivity index (χ1v) is 6.44. The number of rotatable bonds is 1. The maximum Gasteiger partial charge on any atom is 0.410 e. The van der Waals surface area contributed by atoms with E-state index in [0.29, 0.717) is 24.2 Å². The van der Waals surface area contributed by atoms with E-state index in [-0.39, 0.29) is 18.1 Å². The third-order valence-electron chi connectivity index (χ3n) is 2.90. The highest BCUT2D eigenvalue weighted by molar-refractivity contribution is 5.68. The van der Waals surface area contributed by atoms with Gasteiger partial charge in [-0.1, -0.05) is 0 Å². The topological polar surface area (TPSA) is 84.5 Å². The summed E-state index contributed by atoms with van der Waals surface area (Å²) in [6, 6.07) is 0.153. The first-order chi connectivity index (χ1) is 9.30. The molecule has 0 spiro atoms. The molecule has 0 saturated carbocycles. The number of hydrogen-bond acceptors (Lipinski definition) is 5. The first-order valence-electron chi connectivity index (χ1n) is 6.44. The van der Waals surface area contributed by atoms with E-state index in [1.807, 2.05) is 20.8 Å². The molecule has 0 aliphatic carbocycles. The average molecular weight is 281 g/mol. The smallest absolute Gasteiger partial charge is 0.410 e. The van der Waals surface area contributed by atoms with Crippen LogP contribution >= 0.6 is 0 Å². The Kier molecular flexibility index (Phi) is 3.69. The molecule has 0 unspecified atom stereocenters. The number of nitrogens with zero attached hydrogens (tertiary/aromatic N) is 2. The monoisotopic (exact) mass is 281 g/mol. The van der Waals surface area contributed by atoms with Crippen LogP contribution in [0, 0.1) is 0 Å². The molecule has 0 bridgehead atoms. The van der Waals surface area contributed by atoms with Gasteiger partial charge in [-0.3, -0.25) is 9.78 Å². The molecular formula is C13H19N3O4. The number of aromatic nitrogens is 2. The van der Waals surface area contributed by atoms with E-state index >= 15 is 0 Å². The van der Waals surface area contributed by atoms with Crippen LogP contribution in [0.1, 0.15) is 32.0 Å². The van der Waals surface area contributed by atoms with Crippen LogP contribution < -0.4 is 10.3 Å². The van der Waals surface area contributed by atoms with Gasteiger partial charge in [-0.2, -0.15) is 4.98 Å². The number of fused-ring (bicyclic) bond motifs is 1. The van der Waals surface area contributed by atoms with Gasteiger partial charge >= 0.3 is 6.09 Å². The van der Waals surface area contributed by atoms with E-state index in [9.17, 15) is 9.59 Å². The van der Waals surface area contributed by atoms with E-state index in [0.717, 1.165) is 0 Å². The summed E-state index contributed by atoms with van der Waals surface area (Å²) in [6.45, 7) is 6.14. The standard InChI is InChI=1S/C13H19N3O4/c1-13(2,3)20-12(18)16-6-5-8-9(7-16)14-11(19-4)15-10(8)17/h5-7H2,1-4H3,(H,14,15,17). The number of carbonyl (C=O) groups is 1. The van der Waals surface area contributed by atoms with Gasteiger partial charge in [-0.05, 0) is 27.2 Å². The third kappa shape index (κ3) is 3.09. The summed E-state index contributed by atoms with van der Waals surface area (Å²) in [6.07, 6.45) is 0.0603. The van der Waals surface area contributed by atoms with Crippen LogP contribution in [0.15, 0.2) is 4.79 Å². The zero-order valence-corrected chi connectivity index (χ0v) is 12.1. The van der Waals surface area contributed by atoms with E-state index in [1.54, 1.807) is 4.90 Å². The third-order valence-corrected chi connectivity index (χ3v) is 2.90. The van der Waals surface area contributed by atoms with Gasteiger partial charge in [-0.25, -0.2) is 4.79 Å². The van der Waals surface area contributed by atoms with E-state index in [2.05, 4.69) is 9.97 Å². The van der Waals surface area contributed by atoms with Crippen molar-refractivity contribution >= 4 is 6.09 Å². The highest BCUT2D eigenvalue weighted by Gasteiger charge is 2.28. The van der Waals surface area contributed by atoms with Crippen LogP contribution in [0.25, 0.3) is 0 Å². The van der Waals surface area contributed by atoms with Gasteiger partial charge in [0, 0.05) is 12.1 Å². The summed E-state index contributed by atoms with van der Waals surface area (Å²) in [4.78, 5) is 32.1. The van der Waals surface area contributed by atoms with Gasteiger partial charge in [-0.15, -0.1) is 0 Å². The predicted molar refractivity (Wildman–Crippen MR) is 71.8 cm³/mol. The Bertz CT molecular complexity index is 574. The van der Waals surface area contributed by atoms with Crippen molar-refractivity contribution in [3.63, 3.8) is 0 Å². The molecule has 1 aliphatic rings. The van der Waals surface area contributed by atoms with Crippen LogP contribution in [0.2, 0.25) is 0 Å². The van der Waals surface area contributed by atoms with Crippen LogP contribution in [0.5, 0.6) is 6.01 Å². The predicted octanol–water partition coefficient (Wildman–Crippen LogP) is 1.07. The van der Waals surface area contributed by atoms with Gasteiger partial charge in [0.05, 0.1) is 19.3 Å². The number of hydrogen-bond donors (Lipinski definition) is 1. The molecule has 20 heavy (non-hydrogen) atoms. The molecule has 7 heteroatoms. The summed E-state index contributed by atoms with van der Waals surface area (Å²) in [5, 5.41) is 0. The fourth-order valence-electron chi connectivity index (χ4n) is 2.00. The summed E-state index contributed by atoms with van der Waals surface area (Å²) < 4.78 is 10.3. The van der Waals surface area contributed by atoms with Crippen molar-refractivity contribution in [3.8, 4) is 6.01 Å². The molecule has 1 aromatic rings. The molecule has 0 aromatic carbocycles. The number of ether oxygens (including phenoxy) is 2. The van der Waals surface area contributed by atoms with E-state index < -0.39 is 11.7 Å². The fraction of sp³-hybridized carbons (Fsp3) is 0.615. The maximum absolute atomic E-state index is 12.0. The molecule has 1 aromatic heterocycles. The van der Waals surface area contributed by atoms with Gasteiger partial charge in [0.25, 0.3) is 11.6 Å². The maximum atomic E-state index is 12.0. The van der Waals surface area contributed by atoms with Gasteiger partial charge in [0.1, 0.15) is 5.60 Å². The minimum atomic E-state index is -0.545. The second-order valence-corrected chi connectivity index (χ2v) is 5.65. The SMILES string of the molecule is COc1nc2c(c(=O)[nH]1)CCN(C(=O)OC(C)(C)C)C2. The second kappa shape index (κ2) is 5.15. The molecule has 2 heterocycles. The molecule has 1 N–H and O–H groups in total. The highest BCUT2D eigenvalue weighted by atomic mass is 16.6. The summed E-state index contributed by atoms with van der Waals surface area (Å²) in [5.41, 5.74) is 0.403. The Balaban J connectivity index is 2.20. The molecular weight excluding hydrogens is 262 g/mol. The van der Waals surface area contributed by atoms with Gasteiger partial charge in [0.2, 0.25) is 0 Å². The minimum absolute atomic E-state index is 0.153. The normalized spacial score (nSPS) is 14.7. The molecule has 1 amide bonds. The van der Waals surface area contributed by atoms with Crippen molar-refractivity contribution in [3.05, 3.63) is 21.6 Å². The first kappa shape index (κ1) is 14.4. The minimum Gasteiger partial charge on any atom is -0.468 e. The lowest BCUT2D eigenvalue weighted by Crippen LogP contribution is -2.41. The number of aromatic amines is 1. The van der Waals surface area contributed by atoms with Crippen molar-refractivity contribution in [2.24, 2.45) is 0 Å². The molecule has 1 aliphatic heterocycles. The van der Waals surface area contributed by atoms with E-state index in [4.69, 9.17) is 9.47 Å². The van der Waals surface area contributed by atoms with Crippen LogP contribution in [0.3, 0.4) is 0 Å². The Morgan fingerprint density at radius 3 is 2.70 bits per heavy atom. The molecule has 0 fully saturated rings. The summed E-state index contributed by atoms with van der Waals surface area (Å²) in [7, 11) is 1.43. The highest BCUT2D eigenvalue weighted by Crippen LogP contribution is 2.18. The van der Waals surface area contributed by atoms with Crippen LogP contribution in [0.4, 0.5) is 4.79 Å². The van der Waals surface area contributed by atoms with Crippen molar-refractivity contribution in [1.82, 2.24) is 14.9 Å². The molecule has 7 nitrogen and oxygen atoms in total. The van der Waals surface area contributed by atoms with Crippen molar-refractivity contribution < 1.29 is 14.3 Å². The number of carbonyl (C=O) groups excluding carboxylic acids is 1. The van der Waals surface area contributed by atoms with Gasteiger partial charge < -0.3 is 14.4 Å². The number of H-pyrrole nitrogens is 1. The quantitative estimate of drug-likeness (QED) is 0.832. The Labute approximate surface area is 116 Å². The van der Waals surface area contributed by atoms with Crippen molar-refractivity contribution in [2.75, 3.05) is 13.7 Å². The molecule has 110 valence electrons. The lowest BCUT2D eigenvalue weighted by molar-refractivity contribution is 0.0219. The summed E-state index contributed by atoms with van der Waals surface area (Å²) >= 11 is 0. The van der Waals surface area contributed by atoms with E-state index in [1.165, 1.54) is 7.11 Å². The van der Waals surface area contributed by atoms with Crippen molar-refractivity contribution in [1.29, 1.82) is 0 Å². The Hall–Kier alpha value is -2.05.